The molecule has 2 N–H and O–H groups in total. The van der Waals surface area contributed by atoms with Gasteiger partial charge in [0.15, 0.2) is 0 Å². The molecule has 0 amide bonds. The first-order valence-corrected chi connectivity index (χ1v) is 6.74. The van der Waals surface area contributed by atoms with Crippen LogP contribution in [0, 0.1) is 0 Å². The number of hydrogen-bond acceptors (Lipinski definition) is 2. The molecule has 0 radical (unpaired) electrons. The van der Waals surface area contributed by atoms with Crippen molar-refractivity contribution in [1.29, 1.82) is 0 Å². The first-order valence-electron chi connectivity index (χ1n) is 6.74. The smallest absolute Gasteiger partial charge is 0.303 e. The van der Waals surface area contributed by atoms with Gasteiger partial charge in [0.1, 0.15) is 0 Å². The second-order valence-electron chi connectivity index (χ2n) is 6.10. The van der Waals surface area contributed by atoms with Gasteiger partial charge in [0.05, 0.1) is 6.42 Å². The van der Waals surface area contributed by atoms with Gasteiger partial charge in [-0.15, -0.1) is 0 Å². The van der Waals surface area contributed by atoms with Crippen molar-refractivity contribution >= 4 is 11.9 Å². The van der Waals surface area contributed by atoms with Gasteiger partial charge in [-0.25, -0.2) is 0 Å². The van der Waals surface area contributed by atoms with Crippen molar-refractivity contribution < 1.29 is 19.8 Å². The number of hydrogen-bond donors (Lipinski definition) is 2. The standard InChI is InChI=1S/C16H22O4/c1-16(2,3)13-7-4-11(5-8-13)12(10-15(19)20)6-9-14(17)18/h4-5,7-8,12H,6,9-10H2,1-3H3,(H,17,18)(H,19,20). The van der Waals surface area contributed by atoms with Gasteiger partial charge in [-0.05, 0) is 28.9 Å². The Kier molecular flexibility index (Phi) is 5.31. The molecule has 0 saturated heterocycles. The molecule has 0 fully saturated rings. The summed E-state index contributed by atoms with van der Waals surface area (Å²) in [5, 5.41) is 17.7. The minimum Gasteiger partial charge on any atom is -0.481 e. The second kappa shape index (κ2) is 6.55. The zero-order valence-electron chi connectivity index (χ0n) is 12.2. The number of rotatable bonds is 6. The van der Waals surface area contributed by atoms with Crippen molar-refractivity contribution in [3.05, 3.63) is 35.4 Å². The molecule has 0 aliphatic carbocycles. The number of benzene rings is 1. The number of aliphatic carboxylic acids is 2. The average molecular weight is 278 g/mol. The third-order valence-electron chi connectivity index (χ3n) is 3.38. The highest BCUT2D eigenvalue weighted by atomic mass is 16.4. The lowest BCUT2D eigenvalue weighted by molar-refractivity contribution is -0.139. The molecule has 4 heteroatoms. The Morgan fingerprint density at radius 3 is 2.00 bits per heavy atom. The van der Waals surface area contributed by atoms with Gasteiger partial charge in [0.2, 0.25) is 0 Å². The molecule has 1 unspecified atom stereocenters. The highest BCUT2D eigenvalue weighted by molar-refractivity contribution is 5.69. The SMILES string of the molecule is CC(C)(C)c1ccc(C(CCC(=O)O)CC(=O)O)cc1. The zero-order valence-corrected chi connectivity index (χ0v) is 12.2. The van der Waals surface area contributed by atoms with Crippen LogP contribution in [0.3, 0.4) is 0 Å². The molecular weight excluding hydrogens is 256 g/mol. The van der Waals surface area contributed by atoms with Crippen LogP contribution in [0.2, 0.25) is 0 Å². The predicted molar refractivity (Wildman–Crippen MR) is 77.0 cm³/mol. The zero-order chi connectivity index (χ0) is 15.3. The first-order chi connectivity index (χ1) is 9.20. The van der Waals surface area contributed by atoms with E-state index < -0.39 is 11.9 Å². The third kappa shape index (κ3) is 5.03. The minimum absolute atomic E-state index is 0.0149. The van der Waals surface area contributed by atoms with E-state index >= 15 is 0 Å². The normalized spacial score (nSPS) is 12.9. The summed E-state index contributed by atoms with van der Waals surface area (Å²) in [6, 6.07) is 7.81. The highest BCUT2D eigenvalue weighted by Crippen LogP contribution is 2.28. The molecule has 0 aliphatic rings. The van der Waals surface area contributed by atoms with Crippen molar-refractivity contribution in [2.24, 2.45) is 0 Å². The van der Waals surface area contributed by atoms with Gasteiger partial charge in [-0.3, -0.25) is 9.59 Å². The fourth-order valence-corrected chi connectivity index (χ4v) is 2.15. The lowest BCUT2D eigenvalue weighted by Gasteiger charge is -2.21. The monoisotopic (exact) mass is 278 g/mol. The topological polar surface area (TPSA) is 74.6 Å². The quantitative estimate of drug-likeness (QED) is 0.836. The van der Waals surface area contributed by atoms with Crippen LogP contribution in [-0.4, -0.2) is 22.2 Å². The van der Waals surface area contributed by atoms with Gasteiger partial charge in [-0.1, -0.05) is 45.0 Å². The molecule has 1 aromatic carbocycles. The molecule has 0 heterocycles. The average Bonchev–Trinajstić information content (AvgIpc) is 2.33. The van der Waals surface area contributed by atoms with Gasteiger partial charge >= 0.3 is 11.9 Å². The molecule has 1 aromatic rings. The van der Waals surface area contributed by atoms with Crippen LogP contribution in [0.1, 0.15) is 57.1 Å². The van der Waals surface area contributed by atoms with Gasteiger partial charge < -0.3 is 10.2 Å². The largest absolute Gasteiger partial charge is 0.481 e. The van der Waals surface area contributed by atoms with Gasteiger partial charge in [0.25, 0.3) is 0 Å². The maximum Gasteiger partial charge on any atom is 0.303 e. The lowest BCUT2D eigenvalue weighted by Crippen LogP contribution is -2.12. The van der Waals surface area contributed by atoms with E-state index in [2.05, 4.69) is 20.8 Å². The fourth-order valence-electron chi connectivity index (χ4n) is 2.15. The van der Waals surface area contributed by atoms with E-state index in [0.29, 0.717) is 6.42 Å². The molecule has 4 nitrogen and oxygen atoms in total. The summed E-state index contributed by atoms with van der Waals surface area (Å²) in [6.07, 6.45) is 0.289. The Morgan fingerprint density at radius 1 is 1.05 bits per heavy atom. The number of carboxylic acids is 2. The summed E-state index contributed by atoms with van der Waals surface area (Å²) in [6.45, 7) is 6.34. The summed E-state index contributed by atoms with van der Waals surface area (Å²) in [4.78, 5) is 21.6. The molecule has 0 aliphatic heterocycles. The molecule has 0 spiro atoms. The Bertz CT molecular complexity index is 468. The van der Waals surface area contributed by atoms with E-state index in [1.165, 1.54) is 5.56 Å². The van der Waals surface area contributed by atoms with Crippen molar-refractivity contribution in [3.8, 4) is 0 Å². The maximum atomic E-state index is 10.9. The van der Waals surface area contributed by atoms with Crippen LogP contribution in [-0.2, 0) is 15.0 Å². The molecule has 0 aromatic heterocycles. The highest BCUT2D eigenvalue weighted by Gasteiger charge is 2.18. The van der Waals surface area contributed by atoms with Crippen molar-refractivity contribution in [1.82, 2.24) is 0 Å². The summed E-state index contributed by atoms with van der Waals surface area (Å²) < 4.78 is 0. The molecule has 0 saturated carbocycles. The second-order valence-corrected chi connectivity index (χ2v) is 6.10. The van der Waals surface area contributed by atoms with E-state index in [1.54, 1.807) is 0 Å². The van der Waals surface area contributed by atoms with Crippen molar-refractivity contribution in [2.75, 3.05) is 0 Å². The molecule has 0 bridgehead atoms. The van der Waals surface area contributed by atoms with E-state index in [4.69, 9.17) is 10.2 Å². The van der Waals surface area contributed by atoms with E-state index in [1.807, 2.05) is 24.3 Å². The van der Waals surface area contributed by atoms with Crippen LogP contribution in [0.15, 0.2) is 24.3 Å². The van der Waals surface area contributed by atoms with E-state index in [-0.39, 0.29) is 24.2 Å². The Balaban J connectivity index is 2.90. The third-order valence-corrected chi connectivity index (χ3v) is 3.38. The Labute approximate surface area is 119 Å². The van der Waals surface area contributed by atoms with Crippen LogP contribution in [0.25, 0.3) is 0 Å². The molecule has 20 heavy (non-hydrogen) atoms. The number of carbonyl (C=O) groups is 2. The molecule has 110 valence electrons. The van der Waals surface area contributed by atoms with Crippen LogP contribution < -0.4 is 0 Å². The summed E-state index contributed by atoms with van der Waals surface area (Å²) in [5.41, 5.74) is 2.11. The lowest BCUT2D eigenvalue weighted by atomic mass is 9.84. The Hall–Kier alpha value is -1.84. The van der Waals surface area contributed by atoms with Crippen LogP contribution >= 0.6 is 0 Å². The van der Waals surface area contributed by atoms with E-state index in [0.717, 1.165) is 5.56 Å². The summed E-state index contributed by atoms with van der Waals surface area (Å²) in [5.74, 6) is -2.05. The summed E-state index contributed by atoms with van der Waals surface area (Å²) >= 11 is 0. The van der Waals surface area contributed by atoms with Crippen molar-refractivity contribution in [3.63, 3.8) is 0 Å². The number of carboxylic acid groups (broad SMARTS) is 2. The van der Waals surface area contributed by atoms with Gasteiger partial charge in [-0.2, -0.15) is 0 Å². The molecular formula is C16H22O4. The Morgan fingerprint density at radius 2 is 1.60 bits per heavy atom. The maximum absolute atomic E-state index is 10.9. The minimum atomic E-state index is -0.903. The summed E-state index contributed by atoms with van der Waals surface area (Å²) in [7, 11) is 0. The molecule has 1 atom stereocenters. The van der Waals surface area contributed by atoms with Crippen LogP contribution in [0.5, 0.6) is 0 Å². The predicted octanol–water partition coefficient (Wildman–Crippen LogP) is 3.41. The fraction of sp³-hybridized carbons (Fsp3) is 0.500. The molecule has 1 rings (SSSR count). The van der Waals surface area contributed by atoms with Crippen LogP contribution in [0.4, 0.5) is 0 Å². The first kappa shape index (κ1) is 16.2. The van der Waals surface area contributed by atoms with Crippen molar-refractivity contribution in [2.45, 2.75) is 51.4 Å². The van der Waals surface area contributed by atoms with Gasteiger partial charge in [0, 0.05) is 6.42 Å². The van der Waals surface area contributed by atoms with E-state index in [9.17, 15) is 9.59 Å².